The van der Waals surface area contributed by atoms with Gasteiger partial charge in [0, 0.05) is 18.0 Å². The van der Waals surface area contributed by atoms with Crippen LogP contribution < -0.4 is 0 Å². The molecule has 2 unspecified atom stereocenters. The molecule has 2 aliphatic heterocycles. The Morgan fingerprint density at radius 3 is 3.29 bits per heavy atom. The molecular formula is C10H10N2O2. The first-order valence-corrected chi connectivity index (χ1v) is 4.71. The summed E-state index contributed by atoms with van der Waals surface area (Å²) in [7, 11) is 0. The molecule has 2 aliphatic rings. The number of aromatic nitrogens is 1. The summed E-state index contributed by atoms with van der Waals surface area (Å²) >= 11 is 0. The van der Waals surface area contributed by atoms with E-state index in [9.17, 15) is 0 Å². The van der Waals surface area contributed by atoms with Crippen LogP contribution in [0.3, 0.4) is 0 Å². The van der Waals surface area contributed by atoms with E-state index in [2.05, 4.69) is 10.1 Å². The van der Waals surface area contributed by atoms with Gasteiger partial charge < -0.3 is 9.57 Å². The van der Waals surface area contributed by atoms with E-state index in [1.807, 2.05) is 18.3 Å². The molecule has 0 bridgehead atoms. The maximum atomic E-state index is 5.37. The maximum Gasteiger partial charge on any atom is 0.235 e. The van der Waals surface area contributed by atoms with Gasteiger partial charge in [-0.2, -0.15) is 0 Å². The molecule has 3 rings (SSSR count). The monoisotopic (exact) mass is 190 g/mol. The minimum atomic E-state index is -0.162. The first kappa shape index (κ1) is 7.94. The van der Waals surface area contributed by atoms with Gasteiger partial charge in [-0.3, -0.25) is 4.98 Å². The summed E-state index contributed by atoms with van der Waals surface area (Å²) < 4.78 is 5.37. The lowest BCUT2D eigenvalue weighted by molar-refractivity contribution is -0.106. The molecule has 0 aromatic carbocycles. The molecule has 1 aromatic heterocycles. The molecule has 1 aromatic rings. The SMILES string of the molecule is c1cncc(C2=NOC3OCCC23)c1. The summed E-state index contributed by atoms with van der Waals surface area (Å²) in [6.07, 6.45) is 4.38. The zero-order chi connectivity index (χ0) is 9.38. The highest BCUT2D eigenvalue weighted by atomic mass is 16.8. The largest absolute Gasteiger partial charge is 0.363 e. The summed E-state index contributed by atoms with van der Waals surface area (Å²) in [4.78, 5) is 9.25. The zero-order valence-corrected chi connectivity index (χ0v) is 7.59. The topological polar surface area (TPSA) is 43.7 Å². The summed E-state index contributed by atoms with van der Waals surface area (Å²) in [5.74, 6) is 0.291. The van der Waals surface area contributed by atoms with Crippen LogP contribution in [0.4, 0.5) is 0 Å². The number of oxime groups is 1. The van der Waals surface area contributed by atoms with E-state index in [1.165, 1.54) is 0 Å². The van der Waals surface area contributed by atoms with Crippen LogP contribution in [0.25, 0.3) is 0 Å². The Labute approximate surface area is 81.5 Å². The highest BCUT2D eigenvalue weighted by Crippen LogP contribution is 2.31. The summed E-state index contributed by atoms with van der Waals surface area (Å²) in [6.45, 7) is 0.759. The van der Waals surface area contributed by atoms with Crippen LogP contribution in [-0.2, 0) is 9.57 Å². The van der Waals surface area contributed by atoms with Gasteiger partial charge in [0.15, 0.2) is 0 Å². The minimum Gasteiger partial charge on any atom is -0.363 e. The maximum absolute atomic E-state index is 5.37. The molecule has 1 fully saturated rings. The number of nitrogens with zero attached hydrogens (tertiary/aromatic N) is 2. The van der Waals surface area contributed by atoms with Crippen molar-refractivity contribution in [1.29, 1.82) is 0 Å². The second-order valence-electron chi connectivity index (χ2n) is 3.46. The van der Waals surface area contributed by atoms with Crippen LogP contribution in [-0.4, -0.2) is 23.6 Å². The fraction of sp³-hybridized carbons (Fsp3) is 0.400. The Hall–Kier alpha value is -1.42. The van der Waals surface area contributed by atoms with Crippen molar-refractivity contribution >= 4 is 5.71 Å². The fourth-order valence-electron chi connectivity index (χ4n) is 1.89. The third-order valence-corrected chi connectivity index (χ3v) is 2.60. The molecule has 3 heterocycles. The highest BCUT2D eigenvalue weighted by molar-refractivity contribution is 6.02. The number of fused-ring (bicyclic) bond motifs is 1. The van der Waals surface area contributed by atoms with E-state index in [-0.39, 0.29) is 6.29 Å². The van der Waals surface area contributed by atoms with Gasteiger partial charge in [-0.15, -0.1) is 0 Å². The average molecular weight is 190 g/mol. The van der Waals surface area contributed by atoms with Gasteiger partial charge in [-0.1, -0.05) is 5.16 Å². The molecule has 0 aliphatic carbocycles. The second-order valence-corrected chi connectivity index (χ2v) is 3.46. The van der Waals surface area contributed by atoms with Gasteiger partial charge in [-0.25, -0.2) is 0 Å². The zero-order valence-electron chi connectivity index (χ0n) is 7.59. The van der Waals surface area contributed by atoms with Crippen molar-refractivity contribution in [2.75, 3.05) is 6.61 Å². The molecule has 72 valence electrons. The van der Waals surface area contributed by atoms with Crippen molar-refractivity contribution in [3.63, 3.8) is 0 Å². The normalized spacial score (nSPS) is 29.6. The highest BCUT2D eigenvalue weighted by Gasteiger charge is 2.39. The lowest BCUT2D eigenvalue weighted by Crippen LogP contribution is -2.18. The third kappa shape index (κ3) is 1.11. The number of hydrogen-bond donors (Lipinski definition) is 0. The van der Waals surface area contributed by atoms with Crippen LogP contribution in [0.15, 0.2) is 29.7 Å². The van der Waals surface area contributed by atoms with Gasteiger partial charge in [0.2, 0.25) is 6.29 Å². The van der Waals surface area contributed by atoms with Gasteiger partial charge >= 0.3 is 0 Å². The first-order valence-electron chi connectivity index (χ1n) is 4.71. The predicted octanol–water partition coefficient (Wildman–Crippen LogP) is 1.18. The molecule has 14 heavy (non-hydrogen) atoms. The number of pyridine rings is 1. The lowest BCUT2D eigenvalue weighted by Gasteiger charge is -2.06. The minimum absolute atomic E-state index is 0.162. The number of ether oxygens (including phenoxy) is 1. The van der Waals surface area contributed by atoms with Crippen LogP contribution >= 0.6 is 0 Å². The lowest BCUT2D eigenvalue weighted by atomic mass is 9.97. The summed E-state index contributed by atoms with van der Waals surface area (Å²) in [5.41, 5.74) is 2.01. The van der Waals surface area contributed by atoms with E-state index < -0.39 is 0 Å². The summed E-state index contributed by atoms with van der Waals surface area (Å²) in [5, 5.41) is 4.04. The Bertz CT molecular complexity index is 364. The number of rotatable bonds is 1. The van der Waals surface area contributed by atoms with Gasteiger partial charge in [0.25, 0.3) is 0 Å². The molecule has 0 N–H and O–H groups in total. The summed E-state index contributed by atoms with van der Waals surface area (Å²) in [6, 6.07) is 3.90. The Balaban J connectivity index is 1.93. The standard InChI is InChI=1S/C10H10N2O2/c1-2-7(6-11-4-1)9-8-3-5-13-10(8)14-12-9/h1-2,4,6,8,10H,3,5H2. The molecular weight excluding hydrogens is 180 g/mol. The average Bonchev–Trinajstić information content (AvgIpc) is 2.79. The van der Waals surface area contributed by atoms with Crippen LogP contribution in [0.5, 0.6) is 0 Å². The van der Waals surface area contributed by atoms with Crippen LogP contribution in [0, 0.1) is 5.92 Å². The predicted molar refractivity (Wildman–Crippen MR) is 49.7 cm³/mol. The molecule has 4 heteroatoms. The van der Waals surface area contributed by atoms with E-state index in [0.717, 1.165) is 24.3 Å². The molecule has 0 spiro atoms. The van der Waals surface area contributed by atoms with E-state index in [4.69, 9.17) is 9.57 Å². The van der Waals surface area contributed by atoms with E-state index in [0.29, 0.717) is 5.92 Å². The van der Waals surface area contributed by atoms with Crippen molar-refractivity contribution in [3.05, 3.63) is 30.1 Å². The quantitative estimate of drug-likeness (QED) is 0.667. The Morgan fingerprint density at radius 2 is 2.43 bits per heavy atom. The van der Waals surface area contributed by atoms with E-state index >= 15 is 0 Å². The smallest absolute Gasteiger partial charge is 0.235 e. The van der Waals surface area contributed by atoms with Crippen molar-refractivity contribution in [3.8, 4) is 0 Å². The van der Waals surface area contributed by atoms with E-state index in [1.54, 1.807) is 6.20 Å². The van der Waals surface area contributed by atoms with Crippen LogP contribution in [0.2, 0.25) is 0 Å². The molecule has 0 saturated carbocycles. The Morgan fingerprint density at radius 1 is 1.43 bits per heavy atom. The fourth-order valence-corrected chi connectivity index (χ4v) is 1.89. The Kier molecular flexibility index (Phi) is 1.73. The molecule has 4 nitrogen and oxygen atoms in total. The first-order chi connectivity index (χ1) is 6.95. The van der Waals surface area contributed by atoms with Crippen molar-refractivity contribution in [2.45, 2.75) is 12.7 Å². The third-order valence-electron chi connectivity index (χ3n) is 2.60. The van der Waals surface area contributed by atoms with Crippen molar-refractivity contribution in [1.82, 2.24) is 4.98 Å². The molecule has 2 atom stereocenters. The van der Waals surface area contributed by atoms with Crippen LogP contribution in [0.1, 0.15) is 12.0 Å². The molecule has 1 saturated heterocycles. The van der Waals surface area contributed by atoms with Crippen molar-refractivity contribution in [2.24, 2.45) is 11.1 Å². The number of hydrogen-bond acceptors (Lipinski definition) is 4. The molecule has 0 radical (unpaired) electrons. The van der Waals surface area contributed by atoms with Crippen molar-refractivity contribution < 1.29 is 9.57 Å². The van der Waals surface area contributed by atoms with Gasteiger partial charge in [0.05, 0.1) is 18.2 Å². The molecule has 0 amide bonds. The van der Waals surface area contributed by atoms with Gasteiger partial charge in [-0.05, 0) is 18.6 Å². The van der Waals surface area contributed by atoms with Gasteiger partial charge in [0.1, 0.15) is 0 Å². The second kappa shape index (κ2) is 3.06.